The molecule has 0 bridgehead atoms. The molecule has 0 saturated carbocycles. The van der Waals surface area contributed by atoms with E-state index in [4.69, 9.17) is 5.73 Å². The topological polar surface area (TPSA) is 92.5 Å². The molecular weight excluding hydrogens is 542 g/mol. The van der Waals surface area contributed by atoms with Crippen molar-refractivity contribution in [1.82, 2.24) is 5.32 Å². The number of fused-ring (bicyclic) bond motifs is 1. The van der Waals surface area contributed by atoms with Gasteiger partial charge in [0.05, 0.1) is 22.3 Å². The Hall–Kier alpha value is -5.14. The van der Waals surface area contributed by atoms with Gasteiger partial charge < -0.3 is 11.1 Å². The van der Waals surface area contributed by atoms with Crippen LogP contribution in [0.3, 0.4) is 0 Å². The van der Waals surface area contributed by atoms with E-state index in [1.165, 1.54) is 4.31 Å². The zero-order valence-electron chi connectivity index (χ0n) is 22.9. The highest BCUT2D eigenvalue weighted by molar-refractivity contribution is 7.93. The molecule has 6 rings (SSSR count). The molecule has 0 aliphatic carbocycles. The summed E-state index contributed by atoms with van der Waals surface area (Å²) in [6, 6.07) is 40.1. The van der Waals surface area contributed by atoms with Gasteiger partial charge in [0.15, 0.2) is 0 Å². The molecule has 3 N–H and O–H groups in total. The predicted molar refractivity (Wildman–Crippen MR) is 168 cm³/mol. The molecule has 42 heavy (non-hydrogen) atoms. The number of anilines is 2. The predicted octanol–water partition coefficient (Wildman–Crippen LogP) is 6.89. The molecule has 1 atom stereocenters. The first-order chi connectivity index (χ1) is 20.3. The SMILES string of the molecule is CC(NC(=O)c1ccccc1)c1ccc2c(c1)S(=O)(=O)N(c1ccc(N)cc1)C(c1ccccc1)=C2c1ccccc1. The van der Waals surface area contributed by atoms with E-state index >= 15 is 0 Å². The summed E-state index contributed by atoms with van der Waals surface area (Å²) >= 11 is 0. The lowest BCUT2D eigenvalue weighted by atomic mass is 9.91. The van der Waals surface area contributed by atoms with Crippen molar-refractivity contribution in [3.05, 3.63) is 161 Å². The Morgan fingerprint density at radius 3 is 1.93 bits per heavy atom. The van der Waals surface area contributed by atoms with Crippen molar-refractivity contribution >= 4 is 38.6 Å². The third-order valence-corrected chi connectivity index (χ3v) is 9.12. The Bertz CT molecular complexity index is 1890. The minimum atomic E-state index is -4.10. The van der Waals surface area contributed by atoms with Crippen LogP contribution < -0.4 is 15.4 Å². The van der Waals surface area contributed by atoms with E-state index in [2.05, 4.69) is 5.32 Å². The molecule has 5 aromatic rings. The summed E-state index contributed by atoms with van der Waals surface area (Å²) in [7, 11) is -4.10. The van der Waals surface area contributed by atoms with Crippen molar-refractivity contribution in [1.29, 1.82) is 0 Å². The average molecular weight is 572 g/mol. The second kappa shape index (κ2) is 11.0. The molecule has 208 valence electrons. The maximum atomic E-state index is 14.6. The Kier molecular flexibility index (Phi) is 7.10. The lowest BCUT2D eigenvalue weighted by molar-refractivity contribution is 0.0940. The first-order valence-electron chi connectivity index (χ1n) is 13.6. The Labute approximate surface area is 245 Å². The monoisotopic (exact) mass is 571 g/mol. The fraction of sp³-hybridized carbons (Fsp3) is 0.0571. The van der Waals surface area contributed by atoms with Gasteiger partial charge in [-0.2, -0.15) is 0 Å². The van der Waals surface area contributed by atoms with Crippen LogP contribution in [-0.4, -0.2) is 14.3 Å². The number of sulfonamides is 1. The molecule has 1 unspecified atom stereocenters. The molecule has 0 saturated heterocycles. The number of amides is 1. The van der Waals surface area contributed by atoms with Crippen LogP contribution in [0.4, 0.5) is 11.4 Å². The fourth-order valence-corrected chi connectivity index (χ4v) is 7.03. The number of nitrogens with one attached hydrogen (secondary N) is 1. The van der Waals surface area contributed by atoms with Gasteiger partial charge in [0.1, 0.15) is 0 Å². The largest absolute Gasteiger partial charge is 0.399 e. The summed E-state index contributed by atoms with van der Waals surface area (Å²) in [5.41, 5.74) is 11.8. The molecular formula is C35H29N3O3S. The highest BCUT2D eigenvalue weighted by Gasteiger charge is 2.39. The van der Waals surface area contributed by atoms with E-state index < -0.39 is 16.1 Å². The lowest BCUT2D eigenvalue weighted by Gasteiger charge is -2.35. The smallest absolute Gasteiger partial charge is 0.269 e. The van der Waals surface area contributed by atoms with E-state index in [0.29, 0.717) is 33.8 Å². The van der Waals surface area contributed by atoms with Gasteiger partial charge in [-0.15, -0.1) is 0 Å². The van der Waals surface area contributed by atoms with E-state index in [9.17, 15) is 13.2 Å². The van der Waals surface area contributed by atoms with Gasteiger partial charge in [0.25, 0.3) is 15.9 Å². The van der Waals surface area contributed by atoms with Crippen LogP contribution in [0, 0.1) is 0 Å². The zero-order chi connectivity index (χ0) is 29.3. The third-order valence-electron chi connectivity index (χ3n) is 7.35. The molecule has 0 fully saturated rings. The summed E-state index contributed by atoms with van der Waals surface area (Å²) in [4.78, 5) is 13.1. The second-order valence-corrected chi connectivity index (χ2v) is 11.9. The van der Waals surface area contributed by atoms with Crippen LogP contribution in [0.1, 0.15) is 45.6 Å². The summed E-state index contributed by atoms with van der Waals surface area (Å²) in [6.07, 6.45) is 0. The molecule has 0 aromatic heterocycles. The summed E-state index contributed by atoms with van der Waals surface area (Å²) < 4.78 is 30.7. The normalized spacial score (nSPS) is 14.6. The first kappa shape index (κ1) is 27.1. The quantitative estimate of drug-likeness (QED) is 0.217. The number of hydrogen-bond donors (Lipinski definition) is 2. The maximum absolute atomic E-state index is 14.6. The Balaban J connectivity index is 1.57. The summed E-state index contributed by atoms with van der Waals surface area (Å²) in [5.74, 6) is -0.233. The zero-order valence-corrected chi connectivity index (χ0v) is 23.8. The van der Waals surface area contributed by atoms with Crippen LogP contribution in [0.25, 0.3) is 11.3 Å². The van der Waals surface area contributed by atoms with Crippen molar-refractivity contribution in [2.45, 2.75) is 17.9 Å². The van der Waals surface area contributed by atoms with Crippen LogP contribution in [0.15, 0.2) is 138 Å². The Morgan fingerprint density at radius 1 is 0.738 bits per heavy atom. The molecule has 0 radical (unpaired) electrons. The van der Waals surface area contributed by atoms with Gasteiger partial charge in [-0.3, -0.25) is 4.79 Å². The fourth-order valence-electron chi connectivity index (χ4n) is 5.26. The molecule has 1 amide bonds. The minimum absolute atomic E-state index is 0.163. The number of benzene rings is 5. The van der Waals surface area contributed by atoms with Gasteiger partial charge >= 0.3 is 0 Å². The van der Waals surface area contributed by atoms with Crippen LogP contribution >= 0.6 is 0 Å². The van der Waals surface area contributed by atoms with Crippen molar-refractivity contribution in [2.75, 3.05) is 10.0 Å². The maximum Gasteiger partial charge on any atom is 0.269 e. The molecule has 6 nitrogen and oxygen atoms in total. The van der Waals surface area contributed by atoms with Gasteiger partial charge in [-0.1, -0.05) is 91.0 Å². The number of hydrogen-bond acceptors (Lipinski definition) is 4. The molecule has 1 heterocycles. The van der Waals surface area contributed by atoms with Crippen molar-refractivity contribution < 1.29 is 13.2 Å². The standard InChI is InChI=1S/C35H29N3O3S/c1-24(37-35(39)27-15-9-4-10-16-27)28-17-22-31-32(23-28)42(40,41)38(30-20-18-29(36)19-21-30)34(26-13-7-3-8-14-26)33(31)25-11-5-2-6-12-25/h2-24H,36H2,1H3,(H,37,39). The van der Waals surface area contributed by atoms with E-state index in [1.807, 2.05) is 85.8 Å². The van der Waals surface area contributed by atoms with Gasteiger partial charge in [-0.05, 0) is 66.1 Å². The van der Waals surface area contributed by atoms with E-state index in [0.717, 1.165) is 16.7 Å². The summed E-state index contributed by atoms with van der Waals surface area (Å²) in [5, 5.41) is 3.00. The number of nitrogens with two attached hydrogens (primary N) is 1. The van der Waals surface area contributed by atoms with Crippen LogP contribution in [0.5, 0.6) is 0 Å². The number of nitrogens with zero attached hydrogens (tertiary/aromatic N) is 1. The first-order valence-corrected chi connectivity index (χ1v) is 15.0. The molecule has 5 aromatic carbocycles. The Morgan fingerprint density at radius 2 is 1.31 bits per heavy atom. The minimum Gasteiger partial charge on any atom is -0.399 e. The van der Waals surface area contributed by atoms with Gasteiger partial charge in [-0.25, -0.2) is 12.7 Å². The summed E-state index contributed by atoms with van der Waals surface area (Å²) in [6.45, 7) is 1.85. The molecule has 1 aliphatic rings. The van der Waals surface area contributed by atoms with Crippen molar-refractivity contribution in [3.8, 4) is 0 Å². The van der Waals surface area contributed by atoms with E-state index in [-0.39, 0.29) is 10.8 Å². The highest BCUT2D eigenvalue weighted by Crippen LogP contribution is 2.47. The average Bonchev–Trinajstić information content (AvgIpc) is 3.02. The van der Waals surface area contributed by atoms with Crippen LogP contribution in [0.2, 0.25) is 0 Å². The van der Waals surface area contributed by atoms with Crippen molar-refractivity contribution in [2.24, 2.45) is 0 Å². The second-order valence-electron chi connectivity index (χ2n) is 10.1. The van der Waals surface area contributed by atoms with Crippen LogP contribution in [-0.2, 0) is 10.0 Å². The highest BCUT2D eigenvalue weighted by atomic mass is 32.2. The number of nitrogen functional groups attached to an aromatic ring is 1. The molecule has 7 heteroatoms. The number of rotatable bonds is 6. The molecule has 1 aliphatic heterocycles. The molecule has 0 spiro atoms. The number of carbonyl (C=O) groups is 1. The van der Waals surface area contributed by atoms with Gasteiger partial charge in [0, 0.05) is 22.4 Å². The third kappa shape index (κ3) is 4.95. The van der Waals surface area contributed by atoms with Gasteiger partial charge in [0.2, 0.25) is 0 Å². The lowest BCUT2D eigenvalue weighted by Crippen LogP contribution is -2.35. The van der Waals surface area contributed by atoms with E-state index in [1.54, 1.807) is 54.6 Å². The number of carbonyl (C=O) groups excluding carboxylic acids is 1. The van der Waals surface area contributed by atoms with Crippen molar-refractivity contribution in [3.63, 3.8) is 0 Å².